The van der Waals surface area contributed by atoms with Crippen molar-refractivity contribution in [3.05, 3.63) is 65.9 Å². The Kier molecular flexibility index (Phi) is 4.63. The molecule has 0 atom stereocenters. The van der Waals surface area contributed by atoms with Gasteiger partial charge in [0.2, 0.25) is 0 Å². The standard InChI is InChI=1S/C19H16O5/c1-22-12-24-18-4-2-3-15(20)19(18)16(21)7-5-13-6-8-17-14(11-13)9-10-23-17/h2-11,20H,12H2,1H3. The molecule has 5 heteroatoms. The molecule has 5 nitrogen and oxygen atoms in total. The third-order valence-electron chi connectivity index (χ3n) is 3.49. The highest BCUT2D eigenvalue weighted by Crippen LogP contribution is 2.28. The predicted octanol–water partition coefficient (Wildman–Crippen LogP) is 4.02. The van der Waals surface area contributed by atoms with Crippen molar-refractivity contribution in [2.45, 2.75) is 0 Å². The fourth-order valence-electron chi connectivity index (χ4n) is 2.35. The molecule has 0 bridgehead atoms. The van der Waals surface area contributed by atoms with Crippen molar-refractivity contribution in [3.8, 4) is 11.5 Å². The second-order valence-corrected chi connectivity index (χ2v) is 5.12. The van der Waals surface area contributed by atoms with Gasteiger partial charge in [0.25, 0.3) is 0 Å². The van der Waals surface area contributed by atoms with E-state index in [4.69, 9.17) is 13.9 Å². The summed E-state index contributed by atoms with van der Waals surface area (Å²) in [5.74, 6) is -0.216. The summed E-state index contributed by atoms with van der Waals surface area (Å²) in [7, 11) is 1.48. The number of furan rings is 1. The number of hydrogen-bond donors (Lipinski definition) is 1. The van der Waals surface area contributed by atoms with Gasteiger partial charge >= 0.3 is 0 Å². The van der Waals surface area contributed by atoms with Crippen LogP contribution in [0.15, 0.2) is 59.2 Å². The van der Waals surface area contributed by atoms with E-state index in [9.17, 15) is 9.90 Å². The minimum absolute atomic E-state index is 0.00932. The summed E-state index contributed by atoms with van der Waals surface area (Å²) in [6.45, 7) is -0.00932. The Morgan fingerprint density at radius 1 is 1.25 bits per heavy atom. The Morgan fingerprint density at radius 2 is 2.12 bits per heavy atom. The molecule has 0 spiro atoms. The number of fused-ring (bicyclic) bond motifs is 1. The number of carbonyl (C=O) groups excluding carboxylic acids is 1. The minimum atomic E-state index is -0.355. The lowest BCUT2D eigenvalue weighted by atomic mass is 10.1. The molecule has 3 aromatic rings. The highest BCUT2D eigenvalue weighted by Gasteiger charge is 2.15. The van der Waals surface area contributed by atoms with Crippen molar-refractivity contribution in [2.75, 3.05) is 13.9 Å². The normalized spacial score (nSPS) is 11.2. The predicted molar refractivity (Wildman–Crippen MR) is 90.2 cm³/mol. The number of ether oxygens (including phenoxy) is 2. The van der Waals surface area contributed by atoms with Crippen LogP contribution in [0.2, 0.25) is 0 Å². The molecule has 0 saturated carbocycles. The quantitative estimate of drug-likeness (QED) is 0.421. The van der Waals surface area contributed by atoms with E-state index in [1.807, 2.05) is 24.3 Å². The highest BCUT2D eigenvalue weighted by atomic mass is 16.7. The molecule has 24 heavy (non-hydrogen) atoms. The van der Waals surface area contributed by atoms with E-state index in [0.717, 1.165) is 16.5 Å². The summed E-state index contributed by atoms with van der Waals surface area (Å²) in [6.07, 6.45) is 4.70. The molecule has 1 N–H and O–H groups in total. The van der Waals surface area contributed by atoms with Crippen LogP contribution in [0.5, 0.6) is 11.5 Å². The smallest absolute Gasteiger partial charge is 0.193 e. The summed E-state index contributed by atoms with van der Waals surface area (Å²) in [5.41, 5.74) is 1.75. The van der Waals surface area contributed by atoms with Gasteiger partial charge in [-0.1, -0.05) is 18.2 Å². The van der Waals surface area contributed by atoms with Gasteiger partial charge in [-0.2, -0.15) is 0 Å². The van der Waals surface area contributed by atoms with E-state index < -0.39 is 0 Å². The average molecular weight is 324 g/mol. The highest BCUT2D eigenvalue weighted by molar-refractivity contribution is 6.10. The van der Waals surface area contributed by atoms with Crippen LogP contribution in [0, 0.1) is 0 Å². The van der Waals surface area contributed by atoms with Crippen molar-refractivity contribution in [3.63, 3.8) is 0 Å². The van der Waals surface area contributed by atoms with Crippen molar-refractivity contribution < 1.29 is 23.8 Å². The Bertz CT molecular complexity index is 892. The Hall–Kier alpha value is -3.05. The maximum Gasteiger partial charge on any atom is 0.193 e. The lowest BCUT2D eigenvalue weighted by Crippen LogP contribution is -2.05. The maximum atomic E-state index is 12.5. The molecule has 1 aromatic heterocycles. The van der Waals surface area contributed by atoms with E-state index in [-0.39, 0.29) is 29.6 Å². The van der Waals surface area contributed by atoms with E-state index >= 15 is 0 Å². The minimum Gasteiger partial charge on any atom is -0.507 e. The molecule has 122 valence electrons. The largest absolute Gasteiger partial charge is 0.507 e. The van der Waals surface area contributed by atoms with Crippen molar-refractivity contribution in [1.29, 1.82) is 0 Å². The number of carbonyl (C=O) groups is 1. The number of phenolic OH excluding ortho intramolecular Hbond substituents is 1. The Balaban J connectivity index is 1.86. The van der Waals surface area contributed by atoms with Crippen LogP contribution in [-0.4, -0.2) is 24.8 Å². The molecule has 0 radical (unpaired) electrons. The van der Waals surface area contributed by atoms with Crippen LogP contribution in [-0.2, 0) is 4.74 Å². The first-order valence-corrected chi connectivity index (χ1v) is 7.32. The Morgan fingerprint density at radius 3 is 2.96 bits per heavy atom. The number of phenols is 1. The van der Waals surface area contributed by atoms with Gasteiger partial charge in [0.05, 0.1) is 6.26 Å². The van der Waals surface area contributed by atoms with Gasteiger partial charge in [-0.05, 0) is 42.0 Å². The maximum absolute atomic E-state index is 12.5. The first-order valence-electron chi connectivity index (χ1n) is 7.32. The number of aromatic hydroxyl groups is 1. The van der Waals surface area contributed by atoms with Crippen LogP contribution in [0.3, 0.4) is 0 Å². The van der Waals surface area contributed by atoms with Gasteiger partial charge < -0.3 is 19.0 Å². The van der Waals surface area contributed by atoms with Gasteiger partial charge in [0.15, 0.2) is 12.6 Å². The summed E-state index contributed by atoms with van der Waals surface area (Å²) >= 11 is 0. The third-order valence-corrected chi connectivity index (χ3v) is 3.49. The molecule has 0 aliphatic heterocycles. The number of hydrogen-bond acceptors (Lipinski definition) is 5. The number of benzene rings is 2. The molecule has 0 aliphatic carbocycles. The fourth-order valence-corrected chi connectivity index (χ4v) is 2.35. The summed E-state index contributed by atoms with van der Waals surface area (Å²) in [5, 5.41) is 10.9. The van der Waals surface area contributed by atoms with Gasteiger partial charge in [-0.15, -0.1) is 0 Å². The first kappa shape index (κ1) is 15.8. The van der Waals surface area contributed by atoms with Crippen molar-refractivity contribution in [2.24, 2.45) is 0 Å². The Labute approximate surface area is 138 Å². The van der Waals surface area contributed by atoms with Crippen molar-refractivity contribution in [1.82, 2.24) is 0 Å². The van der Waals surface area contributed by atoms with Crippen LogP contribution in [0.4, 0.5) is 0 Å². The van der Waals surface area contributed by atoms with E-state index in [2.05, 4.69) is 0 Å². The molecule has 0 unspecified atom stereocenters. The summed E-state index contributed by atoms with van der Waals surface area (Å²) < 4.78 is 15.5. The zero-order chi connectivity index (χ0) is 16.9. The topological polar surface area (TPSA) is 68.9 Å². The fraction of sp³-hybridized carbons (Fsp3) is 0.105. The second kappa shape index (κ2) is 7.02. The van der Waals surface area contributed by atoms with E-state index in [1.165, 1.54) is 19.3 Å². The molecular weight excluding hydrogens is 308 g/mol. The summed E-state index contributed by atoms with van der Waals surface area (Å²) in [6, 6.07) is 12.1. The molecule has 3 rings (SSSR count). The van der Waals surface area contributed by atoms with Crippen LogP contribution >= 0.6 is 0 Å². The average Bonchev–Trinajstić information content (AvgIpc) is 3.05. The van der Waals surface area contributed by atoms with Crippen LogP contribution in [0.25, 0.3) is 17.0 Å². The summed E-state index contributed by atoms with van der Waals surface area (Å²) in [4.78, 5) is 12.5. The molecule has 0 amide bonds. The lowest BCUT2D eigenvalue weighted by molar-refractivity contribution is 0.0502. The zero-order valence-electron chi connectivity index (χ0n) is 13.1. The van der Waals surface area contributed by atoms with E-state index in [1.54, 1.807) is 24.5 Å². The van der Waals surface area contributed by atoms with Crippen LogP contribution in [0.1, 0.15) is 15.9 Å². The number of ketones is 1. The van der Waals surface area contributed by atoms with Gasteiger partial charge in [-0.25, -0.2) is 0 Å². The number of rotatable bonds is 6. The molecule has 2 aromatic carbocycles. The third kappa shape index (κ3) is 3.31. The molecule has 0 saturated heterocycles. The van der Waals surface area contributed by atoms with Gasteiger partial charge in [0, 0.05) is 12.5 Å². The number of methoxy groups -OCH3 is 1. The van der Waals surface area contributed by atoms with Gasteiger partial charge in [0.1, 0.15) is 22.6 Å². The first-order chi connectivity index (χ1) is 11.7. The SMILES string of the molecule is COCOc1cccc(O)c1C(=O)C=Cc1ccc2occc2c1. The lowest BCUT2D eigenvalue weighted by Gasteiger charge is -2.10. The second-order valence-electron chi connectivity index (χ2n) is 5.12. The van der Waals surface area contributed by atoms with E-state index in [0.29, 0.717) is 0 Å². The van der Waals surface area contributed by atoms with Crippen LogP contribution < -0.4 is 4.74 Å². The molecular formula is C19H16O5. The molecule has 1 heterocycles. The zero-order valence-corrected chi connectivity index (χ0v) is 13.1. The molecule has 0 fully saturated rings. The molecule has 0 aliphatic rings. The van der Waals surface area contributed by atoms with Gasteiger partial charge in [-0.3, -0.25) is 4.79 Å². The number of allylic oxidation sites excluding steroid dienone is 1. The monoisotopic (exact) mass is 324 g/mol. The van der Waals surface area contributed by atoms with Crippen molar-refractivity contribution >= 4 is 22.8 Å².